The van der Waals surface area contributed by atoms with E-state index in [1.54, 1.807) is 7.11 Å². The second kappa shape index (κ2) is 5.09. The second-order valence-corrected chi connectivity index (χ2v) is 5.25. The molecule has 2 rings (SSSR count). The Labute approximate surface area is 104 Å². The molecule has 0 saturated heterocycles. The molecule has 2 nitrogen and oxygen atoms in total. The summed E-state index contributed by atoms with van der Waals surface area (Å²) in [4.78, 5) is 0. The lowest BCUT2D eigenvalue weighted by Crippen LogP contribution is -2.20. The Hall–Kier alpha value is -1.02. The van der Waals surface area contributed by atoms with Gasteiger partial charge in [-0.3, -0.25) is 0 Å². The Kier molecular flexibility index (Phi) is 3.72. The van der Waals surface area contributed by atoms with Crippen molar-refractivity contribution in [2.75, 3.05) is 20.2 Å². The van der Waals surface area contributed by atoms with Crippen molar-refractivity contribution in [3.8, 4) is 5.75 Å². The van der Waals surface area contributed by atoms with Crippen LogP contribution in [0.1, 0.15) is 32.3 Å². The Morgan fingerprint density at radius 3 is 3.00 bits per heavy atom. The molecule has 1 saturated carbocycles. The van der Waals surface area contributed by atoms with E-state index in [1.807, 2.05) is 6.07 Å². The Morgan fingerprint density at radius 2 is 2.29 bits per heavy atom. The van der Waals surface area contributed by atoms with E-state index >= 15 is 0 Å². The van der Waals surface area contributed by atoms with Crippen LogP contribution in [0.5, 0.6) is 5.75 Å². The predicted octanol–water partition coefficient (Wildman–Crippen LogP) is 2.97. The fourth-order valence-electron chi connectivity index (χ4n) is 2.54. The van der Waals surface area contributed by atoms with Gasteiger partial charge in [0.25, 0.3) is 0 Å². The van der Waals surface area contributed by atoms with E-state index < -0.39 is 0 Å². The van der Waals surface area contributed by atoms with Gasteiger partial charge in [0.1, 0.15) is 5.75 Å². The molecule has 1 aliphatic rings. The van der Waals surface area contributed by atoms with Crippen molar-refractivity contribution in [2.24, 2.45) is 5.92 Å². The third-order valence-corrected chi connectivity index (χ3v) is 3.96. The molecule has 0 bridgehead atoms. The van der Waals surface area contributed by atoms with E-state index in [2.05, 4.69) is 37.4 Å². The molecule has 1 N–H and O–H groups in total. The first-order valence-corrected chi connectivity index (χ1v) is 6.56. The van der Waals surface area contributed by atoms with Crippen LogP contribution in [0, 0.1) is 5.92 Å². The lowest BCUT2D eigenvalue weighted by molar-refractivity contribution is 0.413. The van der Waals surface area contributed by atoms with Gasteiger partial charge in [0.05, 0.1) is 7.11 Å². The Balaban J connectivity index is 1.98. The Bertz CT molecular complexity index is 377. The van der Waals surface area contributed by atoms with Gasteiger partial charge in [0, 0.05) is 0 Å². The molecule has 0 spiro atoms. The zero-order valence-corrected chi connectivity index (χ0v) is 11.1. The quantitative estimate of drug-likeness (QED) is 0.763. The van der Waals surface area contributed by atoms with Gasteiger partial charge in [0.15, 0.2) is 0 Å². The molecule has 1 aromatic carbocycles. The first-order chi connectivity index (χ1) is 8.20. The van der Waals surface area contributed by atoms with Crippen molar-refractivity contribution >= 4 is 0 Å². The van der Waals surface area contributed by atoms with Crippen LogP contribution in [0.15, 0.2) is 24.3 Å². The van der Waals surface area contributed by atoms with Crippen molar-refractivity contribution in [3.63, 3.8) is 0 Å². The number of methoxy groups -OCH3 is 1. The minimum absolute atomic E-state index is 0.356. The summed E-state index contributed by atoms with van der Waals surface area (Å²) in [6.45, 7) is 6.84. The van der Waals surface area contributed by atoms with Gasteiger partial charge >= 0.3 is 0 Å². The molecule has 17 heavy (non-hydrogen) atoms. The number of rotatable bonds is 6. The highest BCUT2D eigenvalue weighted by Gasteiger charge is 2.50. The maximum absolute atomic E-state index is 5.30. The summed E-state index contributed by atoms with van der Waals surface area (Å²) in [5.74, 6) is 1.75. The molecule has 0 radical (unpaired) electrons. The monoisotopic (exact) mass is 233 g/mol. The van der Waals surface area contributed by atoms with Crippen molar-refractivity contribution < 1.29 is 4.74 Å². The van der Waals surface area contributed by atoms with E-state index in [0.717, 1.165) is 24.8 Å². The van der Waals surface area contributed by atoms with Gasteiger partial charge in [-0.2, -0.15) is 0 Å². The van der Waals surface area contributed by atoms with Crippen LogP contribution < -0.4 is 10.1 Å². The van der Waals surface area contributed by atoms with Crippen molar-refractivity contribution in [2.45, 2.75) is 32.1 Å². The first kappa shape index (κ1) is 12.4. The molecular weight excluding hydrogens is 210 g/mol. The molecule has 1 aliphatic carbocycles. The molecular formula is C15H23NO. The molecule has 0 aromatic heterocycles. The Morgan fingerprint density at radius 1 is 1.47 bits per heavy atom. The molecule has 0 heterocycles. The van der Waals surface area contributed by atoms with Crippen LogP contribution in [0.3, 0.4) is 0 Å². The third-order valence-electron chi connectivity index (χ3n) is 3.96. The minimum Gasteiger partial charge on any atom is -0.497 e. The summed E-state index contributed by atoms with van der Waals surface area (Å²) in [6, 6.07) is 8.51. The summed E-state index contributed by atoms with van der Waals surface area (Å²) in [5, 5.41) is 3.52. The number of ether oxygens (including phenoxy) is 1. The highest BCUT2D eigenvalue weighted by Crippen LogP contribution is 2.53. The smallest absolute Gasteiger partial charge is 0.119 e. The van der Waals surface area contributed by atoms with E-state index in [0.29, 0.717) is 5.41 Å². The van der Waals surface area contributed by atoms with Crippen LogP contribution in [0.2, 0.25) is 0 Å². The summed E-state index contributed by atoms with van der Waals surface area (Å²) in [7, 11) is 1.73. The van der Waals surface area contributed by atoms with Crippen molar-refractivity contribution in [1.29, 1.82) is 0 Å². The topological polar surface area (TPSA) is 21.3 Å². The number of hydrogen-bond acceptors (Lipinski definition) is 2. The van der Waals surface area contributed by atoms with Gasteiger partial charge in [0.2, 0.25) is 0 Å². The van der Waals surface area contributed by atoms with Crippen molar-refractivity contribution in [3.05, 3.63) is 29.8 Å². The van der Waals surface area contributed by atoms with Crippen LogP contribution in [-0.4, -0.2) is 20.2 Å². The fourth-order valence-corrected chi connectivity index (χ4v) is 2.54. The summed E-state index contributed by atoms with van der Waals surface area (Å²) in [5.41, 5.74) is 1.77. The van der Waals surface area contributed by atoms with Gasteiger partial charge < -0.3 is 10.1 Å². The number of benzene rings is 1. The van der Waals surface area contributed by atoms with Gasteiger partial charge in [-0.15, -0.1) is 0 Å². The molecule has 0 aliphatic heterocycles. The highest BCUT2D eigenvalue weighted by atomic mass is 16.5. The maximum Gasteiger partial charge on any atom is 0.119 e. The van der Waals surface area contributed by atoms with E-state index in [-0.39, 0.29) is 0 Å². The van der Waals surface area contributed by atoms with Gasteiger partial charge in [-0.25, -0.2) is 0 Å². The standard InChI is InChI=1S/C15H23NO/c1-4-8-16-11-13-10-15(13,2)12-6-5-7-14(9-12)17-3/h5-7,9,13,16H,4,8,10-11H2,1-3H3. The van der Waals surface area contributed by atoms with E-state index in [9.17, 15) is 0 Å². The first-order valence-electron chi connectivity index (χ1n) is 6.56. The van der Waals surface area contributed by atoms with Crippen LogP contribution in [0.25, 0.3) is 0 Å². The fraction of sp³-hybridized carbons (Fsp3) is 0.600. The summed E-state index contributed by atoms with van der Waals surface area (Å²) in [6.07, 6.45) is 2.50. The predicted molar refractivity (Wildman–Crippen MR) is 71.6 cm³/mol. The van der Waals surface area contributed by atoms with Crippen LogP contribution >= 0.6 is 0 Å². The largest absolute Gasteiger partial charge is 0.497 e. The lowest BCUT2D eigenvalue weighted by Gasteiger charge is -2.13. The van der Waals surface area contributed by atoms with Gasteiger partial charge in [-0.05, 0) is 55.0 Å². The minimum atomic E-state index is 0.356. The third kappa shape index (κ3) is 2.63. The molecule has 0 amide bonds. The van der Waals surface area contributed by atoms with Gasteiger partial charge in [-0.1, -0.05) is 26.0 Å². The van der Waals surface area contributed by atoms with E-state index in [1.165, 1.54) is 18.4 Å². The molecule has 2 heteroatoms. The average Bonchev–Trinajstić information content (AvgIpc) is 3.02. The summed E-state index contributed by atoms with van der Waals surface area (Å²) >= 11 is 0. The zero-order chi connectivity index (χ0) is 12.3. The zero-order valence-electron chi connectivity index (χ0n) is 11.1. The number of hydrogen-bond donors (Lipinski definition) is 1. The van der Waals surface area contributed by atoms with Crippen LogP contribution in [-0.2, 0) is 5.41 Å². The molecule has 1 fully saturated rings. The van der Waals surface area contributed by atoms with Crippen molar-refractivity contribution in [1.82, 2.24) is 5.32 Å². The normalized spacial score (nSPS) is 26.9. The lowest BCUT2D eigenvalue weighted by atomic mass is 9.95. The second-order valence-electron chi connectivity index (χ2n) is 5.25. The number of nitrogens with one attached hydrogen (secondary N) is 1. The molecule has 1 aromatic rings. The molecule has 2 atom stereocenters. The molecule has 2 unspecified atom stereocenters. The van der Waals surface area contributed by atoms with E-state index in [4.69, 9.17) is 4.74 Å². The maximum atomic E-state index is 5.30. The SMILES string of the molecule is CCCNCC1CC1(C)c1cccc(OC)c1. The average molecular weight is 233 g/mol. The molecule has 94 valence electrons. The summed E-state index contributed by atoms with van der Waals surface area (Å²) < 4.78 is 5.30. The van der Waals surface area contributed by atoms with Crippen LogP contribution in [0.4, 0.5) is 0 Å². The highest BCUT2D eigenvalue weighted by molar-refractivity contribution is 5.38.